The van der Waals surface area contributed by atoms with Gasteiger partial charge in [0.2, 0.25) is 0 Å². The zero-order chi connectivity index (χ0) is 18.0. The van der Waals surface area contributed by atoms with Gasteiger partial charge in [-0.25, -0.2) is 0 Å². The Morgan fingerprint density at radius 3 is 2.56 bits per heavy atom. The summed E-state index contributed by atoms with van der Waals surface area (Å²) in [6.45, 7) is 6.13. The monoisotopic (exact) mass is 357 g/mol. The number of nitrogens with one attached hydrogen (secondary N) is 1. The summed E-state index contributed by atoms with van der Waals surface area (Å²) in [5, 5.41) is 15.2. The van der Waals surface area contributed by atoms with Gasteiger partial charge in [0, 0.05) is 22.8 Å². The van der Waals surface area contributed by atoms with Crippen molar-refractivity contribution in [2.75, 3.05) is 5.32 Å². The molecule has 0 aliphatic rings. The van der Waals surface area contributed by atoms with Crippen molar-refractivity contribution in [1.29, 1.82) is 0 Å². The van der Waals surface area contributed by atoms with Crippen molar-refractivity contribution >= 4 is 23.7 Å². The quantitative estimate of drug-likeness (QED) is 0.703. The largest absolute Gasteiger partial charge is 0.401 e. The van der Waals surface area contributed by atoms with Crippen LogP contribution in [0.3, 0.4) is 0 Å². The summed E-state index contributed by atoms with van der Waals surface area (Å²) in [6.07, 6.45) is 0. The van der Waals surface area contributed by atoms with Crippen molar-refractivity contribution in [1.82, 2.24) is 20.0 Å². The fraction of sp³-hybridized carbons (Fsp3) is 0.294. The Hall–Kier alpha value is -2.61. The molecule has 0 saturated heterocycles. The summed E-state index contributed by atoms with van der Waals surface area (Å²) < 4.78 is 7.17. The van der Waals surface area contributed by atoms with Crippen molar-refractivity contribution in [3.8, 4) is 11.6 Å². The lowest BCUT2D eigenvalue weighted by Gasteiger charge is -2.05. The van der Waals surface area contributed by atoms with Crippen LogP contribution in [-0.2, 0) is 7.05 Å². The number of aromatic nitrogens is 4. The molecule has 0 spiro atoms. The van der Waals surface area contributed by atoms with Crippen LogP contribution in [-0.4, -0.2) is 31.1 Å². The van der Waals surface area contributed by atoms with Gasteiger partial charge in [-0.15, -0.1) is 16.9 Å². The third-order valence-corrected chi connectivity index (χ3v) is 4.37. The predicted molar refractivity (Wildman–Crippen MR) is 96.6 cm³/mol. The maximum absolute atomic E-state index is 12.3. The molecule has 0 aliphatic carbocycles. The van der Waals surface area contributed by atoms with Crippen LogP contribution in [0.5, 0.6) is 0 Å². The van der Waals surface area contributed by atoms with Gasteiger partial charge in [-0.3, -0.25) is 14.8 Å². The van der Waals surface area contributed by atoms with E-state index < -0.39 is 0 Å². The van der Waals surface area contributed by atoms with Gasteiger partial charge < -0.3 is 4.42 Å². The van der Waals surface area contributed by atoms with Gasteiger partial charge in [-0.2, -0.15) is 5.10 Å². The smallest absolute Gasteiger partial charge is 0.322 e. The molecule has 7 nitrogen and oxygen atoms in total. The number of rotatable bonds is 5. The molecule has 0 bridgehead atoms. The molecule has 0 fully saturated rings. The first-order valence-corrected chi connectivity index (χ1v) is 8.73. The van der Waals surface area contributed by atoms with Crippen LogP contribution < -0.4 is 5.32 Å². The van der Waals surface area contributed by atoms with Gasteiger partial charge in [0.15, 0.2) is 0 Å². The Bertz CT molecular complexity index is 883. The summed E-state index contributed by atoms with van der Waals surface area (Å²) in [7, 11) is 1.79. The van der Waals surface area contributed by atoms with Crippen molar-refractivity contribution in [3.05, 3.63) is 41.6 Å². The lowest BCUT2D eigenvalue weighted by molar-refractivity contribution is 0.102. The molecular weight excluding hydrogens is 338 g/mol. The van der Waals surface area contributed by atoms with Crippen molar-refractivity contribution in [2.45, 2.75) is 30.9 Å². The number of nitrogens with zero attached hydrogens (tertiary/aromatic N) is 4. The van der Waals surface area contributed by atoms with E-state index in [1.54, 1.807) is 35.6 Å². The van der Waals surface area contributed by atoms with Gasteiger partial charge in [0.05, 0.1) is 5.69 Å². The normalized spacial score (nSPS) is 11.1. The van der Waals surface area contributed by atoms with Gasteiger partial charge in [0.25, 0.3) is 11.8 Å². The molecule has 3 aromatic rings. The summed E-state index contributed by atoms with van der Waals surface area (Å²) in [4.78, 5) is 13.4. The molecule has 0 aliphatic heterocycles. The number of thioether (sulfide) groups is 1. The molecule has 130 valence electrons. The highest BCUT2D eigenvalue weighted by atomic mass is 32.2. The zero-order valence-electron chi connectivity index (χ0n) is 14.5. The average Bonchev–Trinajstić information content (AvgIpc) is 3.13. The van der Waals surface area contributed by atoms with E-state index in [0.717, 1.165) is 10.6 Å². The summed E-state index contributed by atoms with van der Waals surface area (Å²) in [5.74, 6) is 0.0135. The second-order valence-corrected chi connectivity index (χ2v) is 7.50. The van der Waals surface area contributed by atoms with E-state index in [0.29, 0.717) is 22.4 Å². The minimum absolute atomic E-state index is 0.0551. The third-order valence-electron chi connectivity index (χ3n) is 3.35. The number of carbonyl (C=O) groups is 1. The molecule has 8 heteroatoms. The average molecular weight is 357 g/mol. The molecular formula is C17H19N5O2S. The first kappa shape index (κ1) is 17.2. The van der Waals surface area contributed by atoms with Crippen LogP contribution in [0.25, 0.3) is 11.6 Å². The van der Waals surface area contributed by atoms with Gasteiger partial charge in [-0.05, 0) is 37.3 Å². The molecule has 3 rings (SSSR count). The first-order chi connectivity index (χ1) is 11.9. The number of benzene rings is 1. The number of hydrogen-bond acceptors (Lipinski definition) is 6. The molecule has 2 aromatic heterocycles. The van der Waals surface area contributed by atoms with E-state index in [1.807, 2.05) is 25.1 Å². The molecule has 1 N–H and O–H groups in total. The number of amides is 1. The Morgan fingerprint density at radius 2 is 1.96 bits per heavy atom. The SMILES string of the molecule is Cc1cc(-c2nnc(NC(=O)c3ccc(SC(C)C)cc3)o2)n(C)n1. The van der Waals surface area contributed by atoms with Crippen LogP contribution in [0.1, 0.15) is 29.9 Å². The van der Waals surface area contributed by atoms with E-state index in [2.05, 4.69) is 34.5 Å². The maximum Gasteiger partial charge on any atom is 0.322 e. The molecule has 1 amide bonds. The van der Waals surface area contributed by atoms with Gasteiger partial charge >= 0.3 is 6.01 Å². The van der Waals surface area contributed by atoms with E-state index in [4.69, 9.17) is 4.42 Å². The minimum atomic E-state index is -0.294. The molecule has 2 heterocycles. The predicted octanol–water partition coefficient (Wildman–Crippen LogP) is 3.53. The van der Waals surface area contributed by atoms with Crippen LogP contribution in [0.2, 0.25) is 0 Å². The Kier molecular flexibility index (Phi) is 4.89. The molecule has 1 aromatic carbocycles. The second-order valence-electron chi connectivity index (χ2n) is 5.85. The number of hydrogen-bond donors (Lipinski definition) is 1. The van der Waals surface area contributed by atoms with Crippen molar-refractivity contribution in [2.24, 2.45) is 7.05 Å². The zero-order valence-corrected chi connectivity index (χ0v) is 15.3. The highest BCUT2D eigenvalue weighted by molar-refractivity contribution is 7.99. The van der Waals surface area contributed by atoms with Crippen LogP contribution in [0.4, 0.5) is 6.01 Å². The highest BCUT2D eigenvalue weighted by Crippen LogP contribution is 2.23. The fourth-order valence-corrected chi connectivity index (χ4v) is 3.15. The number of anilines is 1. The van der Waals surface area contributed by atoms with E-state index >= 15 is 0 Å². The number of carbonyl (C=O) groups excluding carboxylic acids is 1. The Morgan fingerprint density at radius 1 is 1.24 bits per heavy atom. The Labute approximate surface area is 149 Å². The van der Waals surface area contributed by atoms with E-state index in [-0.39, 0.29) is 11.9 Å². The van der Waals surface area contributed by atoms with E-state index in [1.165, 1.54) is 0 Å². The molecule has 0 saturated carbocycles. The Balaban J connectivity index is 1.70. The first-order valence-electron chi connectivity index (χ1n) is 7.85. The fourth-order valence-electron chi connectivity index (χ4n) is 2.31. The molecule has 0 radical (unpaired) electrons. The summed E-state index contributed by atoms with van der Waals surface area (Å²) in [6, 6.07) is 9.31. The highest BCUT2D eigenvalue weighted by Gasteiger charge is 2.15. The number of aryl methyl sites for hydroxylation is 2. The third kappa shape index (κ3) is 4.08. The standard InChI is InChI=1S/C17H19N5O2S/c1-10(2)25-13-7-5-12(6-8-13)15(23)18-17-20-19-16(24-17)14-9-11(3)21-22(14)4/h5-10H,1-4H3,(H,18,20,23). The van der Waals surface area contributed by atoms with Crippen LogP contribution >= 0.6 is 11.8 Å². The molecule has 25 heavy (non-hydrogen) atoms. The van der Waals surface area contributed by atoms with Gasteiger partial charge in [0.1, 0.15) is 5.69 Å². The van der Waals surface area contributed by atoms with Crippen molar-refractivity contribution in [3.63, 3.8) is 0 Å². The van der Waals surface area contributed by atoms with E-state index in [9.17, 15) is 4.79 Å². The topological polar surface area (TPSA) is 85.8 Å². The second kappa shape index (κ2) is 7.10. The molecule has 0 atom stereocenters. The van der Waals surface area contributed by atoms with Gasteiger partial charge in [-0.1, -0.05) is 18.9 Å². The molecule has 0 unspecified atom stereocenters. The minimum Gasteiger partial charge on any atom is -0.401 e. The van der Waals surface area contributed by atoms with Crippen LogP contribution in [0, 0.1) is 6.92 Å². The maximum atomic E-state index is 12.3. The van der Waals surface area contributed by atoms with Crippen molar-refractivity contribution < 1.29 is 9.21 Å². The van der Waals surface area contributed by atoms with Crippen LogP contribution in [0.15, 0.2) is 39.6 Å². The lowest BCUT2D eigenvalue weighted by Crippen LogP contribution is -2.11. The lowest BCUT2D eigenvalue weighted by atomic mass is 10.2. The summed E-state index contributed by atoms with van der Waals surface area (Å²) in [5.41, 5.74) is 2.07. The summed E-state index contributed by atoms with van der Waals surface area (Å²) >= 11 is 1.75.